The molecule has 0 heterocycles. The highest BCUT2D eigenvalue weighted by molar-refractivity contribution is 7.86. The first-order valence-corrected chi connectivity index (χ1v) is 6.42. The summed E-state index contributed by atoms with van der Waals surface area (Å²) in [7, 11) is -4.25. The van der Waals surface area contributed by atoms with Crippen molar-refractivity contribution in [2.75, 3.05) is 0 Å². The van der Waals surface area contributed by atoms with Crippen LogP contribution in [0.2, 0.25) is 0 Å². The SMILES string of the molecule is CC(C)(C)O/N=C/c1ccccc1S(=O)(=O)O. The van der Waals surface area contributed by atoms with Crippen LogP contribution in [-0.2, 0) is 15.0 Å². The van der Waals surface area contributed by atoms with E-state index in [-0.39, 0.29) is 10.5 Å². The summed E-state index contributed by atoms with van der Waals surface area (Å²) in [5, 5.41) is 3.69. The van der Waals surface area contributed by atoms with E-state index in [9.17, 15) is 8.42 Å². The van der Waals surface area contributed by atoms with Crippen molar-refractivity contribution in [2.45, 2.75) is 31.3 Å². The van der Waals surface area contributed by atoms with Crippen LogP contribution in [0.1, 0.15) is 26.3 Å². The molecule has 0 saturated carbocycles. The number of hydrogen-bond acceptors (Lipinski definition) is 4. The number of nitrogens with zero attached hydrogens (tertiary/aromatic N) is 1. The van der Waals surface area contributed by atoms with Crippen molar-refractivity contribution in [1.82, 2.24) is 0 Å². The molecular formula is C11H15NO4S. The summed E-state index contributed by atoms with van der Waals surface area (Å²) in [6.07, 6.45) is 1.26. The fourth-order valence-electron chi connectivity index (χ4n) is 1.06. The Labute approximate surface area is 101 Å². The van der Waals surface area contributed by atoms with Gasteiger partial charge in [-0.2, -0.15) is 8.42 Å². The molecule has 1 rings (SSSR count). The molecule has 0 aliphatic rings. The average Bonchev–Trinajstić information content (AvgIpc) is 2.15. The van der Waals surface area contributed by atoms with Gasteiger partial charge in [-0.05, 0) is 26.8 Å². The second kappa shape index (κ2) is 4.85. The van der Waals surface area contributed by atoms with Crippen LogP contribution in [0.4, 0.5) is 0 Å². The van der Waals surface area contributed by atoms with Gasteiger partial charge in [-0.25, -0.2) is 0 Å². The van der Waals surface area contributed by atoms with Gasteiger partial charge in [-0.15, -0.1) is 0 Å². The highest BCUT2D eigenvalue weighted by Crippen LogP contribution is 2.13. The Kier molecular flexibility index (Phi) is 3.90. The van der Waals surface area contributed by atoms with Crippen LogP contribution in [0.3, 0.4) is 0 Å². The quantitative estimate of drug-likeness (QED) is 0.511. The van der Waals surface area contributed by atoms with E-state index in [1.54, 1.807) is 6.07 Å². The van der Waals surface area contributed by atoms with E-state index in [0.29, 0.717) is 0 Å². The lowest BCUT2D eigenvalue weighted by molar-refractivity contribution is 0.00197. The molecule has 1 aromatic carbocycles. The summed E-state index contributed by atoms with van der Waals surface area (Å²) in [5.74, 6) is 0. The largest absolute Gasteiger partial charge is 0.390 e. The van der Waals surface area contributed by atoms with Crippen LogP contribution in [-0.4, -0.2) is 24.8 Å². The molecule has 0 atom stereocenters. The molecule has 0 aliphatic carbocycles. The molecule has 0 spiro atoms. The molecule has 0 radical (unpaired) electrons. The lowest BCUT2D eigenvalue weighted by Gasteiger charge is -2.14. The van der Waals surface area contributed by atoms with Crippen LogP contribution in [0, 0.1) is 0 Å². The standard InChI is InChI=1S/C11H15NO4S/c1-11(2,3)16-12-8-9-6-4-5-7-10(9)17(13,14)15/h4-8H,1-3H3,(H,13,14,15)/b12-8+. The normalized spacial score (nSPS) is 12.9. The molecule has 1 aromatic rings. The fraction of sp³-hybridized carbons (Fsp3) is 0.364. The topological polar surface area (TPSA) is 76.0 Å². The maximum atomic E-state index is 11.1. The predicted molar refractivity (Wildman–Crippen MR) is 64.7 cm³/mol. The number of rotatable bonds is 3. The first-order valence-electron chi connectivity index (χ1n) is 4.98. The Morgan fingerprint density at radius 1 is 1.29 bits per heavy atom. The third-order valence-corrected chi connectivity index (χ3v) is 2.64. The van der Waals surface area contributed by atoms with Crippen LogP contribution >= 0.6 is 0 Å². The zero-order valence-corrected chi connectivity index (χ0v) is 10.7. The molecule has 6 heteroatoms. The first-order chi connectivity index (χ1) is 7.70. The molecule has 0 fully saturated rings. The highest BCUT2D eigenvalue weighted by atomic mass is 32.2. The van der Waals surface area contributed by atoms with E-state index in [1.807, 2.05) is 20.8 Å². The van der Waals surface area contributed by atoms with Crippen molar-refractivity contribution >= 4 is 16.3 Å². The monoisotopic (exact) mass is 257 g/mol. The molecule has 17 heavy (non-hydrogen) atoms. The zero-order chi connectivity index (χ0) is 13.1. The fourth-order valence-corrected chi connectivity index (χ4v) is 1.73. The van der Waals surface area contributed by atoms with Crippen molar-refractivity contribution in [3.05, 3.63) is 29.8 Å². The highest BCUT2D eigenvalue weighted by Gasteiger charge is 2.14. The van der Waals surface area contributed by atoms with Crippen molar-refractivity contribution < 1.29 is 17.8 Å². The van der Waals surface area contributed by atoms with E-state index in [4.69, 9.17) is 9.39 Å². The zero-order valence-electron chi connectivity index (χ0n) is 9.91. The molecule has 0 bridgehead atoms. The van der Waals surface area contributed by atoms with Crippen LogP contribution in [0.5, 0.6) is 0 Å². The van der Waals surface area contributed by atoms with Gasteiger partial charge >= 0.3 is 0 Å². The Morgan fingerprint density at radius 2 is 1.88 bits per heavy atom. The van der Waals surface area contributed by atoms with Crippen molar-refractivity contribution in [2.24, 2.45) is 5.16 Å². The van der Waals surface area contributed by atoms with Crippen molar-refractivity contribution in [3.8, 4) is 0 Å². The maximum Gasteiger partial charge on any atom is 0.295 e. The van der Waals surface area contributed by atoms with Gasteiger partial charge in [0.1, 0.15) is 10.5 Å². The lowest BCUT2D eigenvalue weighted by Crippen LogP contribution is -2.15. The molecule has 0 amide bonds. The number of hydrogen-bond donors (Lipinski definition) is 1. The Hall–Kier alpha value is -1.40. The van der Waals surface area contributed by atoms with Crippen molar-refractivity contribution in [3.63, 3.8) is 0 Å². The second-order valence-electron chi connectivity index (χ2n) is 4.45. The van der Waals surface area contributed by atoms with E-state index < -0.39 is 15.7 Å². The van der Waals surface area contributed by atoms with E-state index in [2.05, 4.69) is 5.16 Å². The van der Waals surface area contributed by atoms with Gasteiger partial charge in [0.2, 0.25) is 0 Å². The molecule has 0 unspecified atom stereocenters. The van der Waals surface area contributed by atoms with Gasteiger partial charge in [-0.3, -0.25) is 4.55 Å². The van der Waals surface area contributed by atoms with Gasteiger partial charge in [0.15, 0.2) is 0 Å². The van der Waals surface area contributed by atoms with Crippen LogP contribution in [0.15, 0.2) is 34.3 Å². The Bertz CT molecular complexity index is 515. The minimum atomic E-state index is -4.25. The van der Waals surface area contributed by atoms with Gasteiger partial charge < -0.3 is 4.84 Å². The molecule has 1 N–H and O–H groups in total. The van der Waals surface area contributed by atoms with Gasteiger partial charge in [0, 0.05) is 5.56 Å². The molecule has 94 valence electrons. The smallest absolute Gasteiger partial charge is 0.295 e. The molecule has 0 aromatic heterocycles. The summed E-state index contributed by atoms with van der Waals surface area (Å²) >= 11 is 0. The third-order valence-electron chi connectivity index (χ3n) is 1.72. The van der Waals surface area contributed by atoms with Crippen LogP contribution < -0.4 is 0 Å². The predicted octanol–water partition coefficient (Wildman–Crippen LogP) is 2.08. The number of benzene rings is 1. The summed E-state index contributed by atoms with van der Waals surface area (Å²) in [5.41, 5.74) is -0.178. The lowest BCUT2D eigenvalue weighted by atomic mass is 10.2. The summed E-state index contributed by atoms with van der Waals surface area (Å²) in [6, 6.07) is 5.99. The third kappa shape index (κ3) is 4.54. The molecule has 5 nitrogen and oxygen atoms in total. The molecule has 0 saturated heterocycles. The summed E-state index contributed by atoms with van der Waals surface area (Å²) < 4.78 is 31.1. The van der Waals surface area contributed by atoms with Gasteiger partial charge in [-0.1, -0.05) is 23.4 Å². The molecule has 0 aliphatic heterocycles. The Morgan fingerprint density at radius 3 is 2.41 bits per heavy atom. The maximum absolute atomic E-state index is 11.1. The van der Waals surface area contributed by atoms with Crippen LogP contribution in [0.25, 0.3) is 0 Å². The average molecular weight is 257 g/mol. The second-order valence-corrected chi connectivity index (χ2v) is 5.84. The number of oxime groups is 1. The minimum Gasteiger partial charge on any atom is -0.390 e. The summed E-state index contributed by atoms with van der Waals surface area (Å²) in [4.78, 5) is 4.90. The molecular weight excluding hydrogens is 242 g/mol. The van der Waals surface area contributed by atoms with Gasteiger partial charge in [0.25, 0.3) is 10.1 Å². The van der Waals surface area contributed by atoms with E-state index in [0.717, 1.165) is 0 Å². The van der Waals surface area contributed by atoms with Gasteiger partial charge in [0.05, 0.1) is 6.21 Å². The van der Waals surface area contributed by atoms with Crippen molar-refractivity contribution in [1.29, 1.82) is 0 Å². The summed E-state index contributed by atoms with van der Waals surface area (Å²) in [6.45, 7) is 5.46. The van der Waals surface area contributed by atoms with E-state index in [1.165, 1.54) is 24.4 Å². The minimum absolute atomic E-state index is 0.193. The first kappa shape index (κ1) is 13.7. The Balaban J connectivity index is 3.00. The van der Waals surface area contributed by atoms with E-state index >= 15 is 0 Å².